The number of nitrogens with zero attached hydrogens (tertiary/aromatic N) is 1. The molecule has 0 saturated carbocycles. The number of carbonyl (C=O) groups is 1. The standard InChI is InChI=1S/C17H16F2N2O6/c18-12-7-14(21(25)26)13(19)6-11(12)16(23)15(22)8-20-17(24)27-9-10-4-2-1-3-5-10/h1-7,15-16,22-23H,8-9H2,(H,20,24). The number of nitro groups is 1. The third kappa shape index (κ3) is 5.43. The highest BCUT2D eigenvalue weighted by molar-refractivity contribution is 5.67. The highest BCUT2D eigenvalue weighted by Crippen LogP contribution is 2.27. The number of ether oxygens (including phenoxy) is 1. The number of nitrogens with one attached hydrogen (secondary N) is 1. The number of alkyl carbamates (subject to hydrolysis) is 1. The number of hydrogen-bond donors (Lipinski definition) is 3. The Balaban J connectivity index is 1.91. The van der Waals surface area contributed by atoms with Gasteiger partial charge in [0, 0.05) is 12.1 Å². The summed E-state index contributed by atoms with van der Waals surface area (Å²) in [6.07, 6.45) is -4.51. The summed E-state index contributed by atoms with van der Waals surface area (Å²) in [6.45, 7) is -0.541. The van der Waals surface area contributed by atoms with Gasteiger partial charge in [-0.1, -0.05) is 30.3 Å². The molecular weight excluding hydrogens is 366 g/mol. The van der Waals surface area contributed by atoms with Crippen LogP contribution in [-0.2, 0) is 11.3 Å². The maximum absolute atomic E-state index is 13.9. The van der Waals surface area contributed by atoms with Crippen molar-refractivity contribution in [2.24, 2.45) is 0 Å². The van der Waals surface area contributed by atoms with E-state index in [2.05, 4.69) is 5.32 Å². The number of rotatable bonds is 7. The van der Waals surface area contributed by atoms with Crippen molar-refractivity contribution in [3.8, 4) is 0 Å². The van der Waals surface area contributed by atoms with Gasteiger partial charge in [-0.15, -0.1) is 0 Å². The molecule has 2 atom stereocenters. The van der Waals surface area contributed by atoms with Crippen LogP contribution in [-0.4, -0.2) is 33.9 Å². The van der Waals surface area contributed by atoms with E-state index < -0.39 is 52.7 Å². The SMILES string of the molecule is O=C(NCC(O)C(O)c1cc(F)c([N+](=O)[O-])cc1F)OCc1ccccc1. The first-order valence-corrected chi connectivity index (χ1v) is 7.73. The minimum atomic E-state index is -1.92. The molecule has 0 aliphatic heterocycles. The number of halogens is 2. The third-order valence-electron chi connectivity index (χ3n) is 3.61. The van der Waals surface area contributed by atoms with Crippen LogP contribution in [0.25, 0.3) is 0 Å². The quantitative estimate of drug-likeness (QED) is 0.498. The number of nitro benzene ring substituents is 1. The molecule has 0 radical (unpaired) electrons. The van der Waals surface area contributed by atoms with E-state index in [0.717, 1.165) is 5.56 Å². The Morgan fingerprint density at radius 3 is 2.48 bits per heavy atom. The molecule has 8 nitrogen and oxygen atoms in total. The predicted octanol–water partition coefficient (Wildman–Crippen LogP) is 2.19. The zero-order chi connectivity index (χ0) is 20.0. The Morgan fingerprint density at radius 2 is 1.85 bits per heavy atom. The molecule has 0 bridgehead atoms. The highest BCUT2D eigenvalue weighted by Gasteiger charge is 2.26. The molecule has 0 aliphatic carbocycles. The van der Waals surface area contributed by atoms with Gasteiger partial charge in [-0.3, -0.25) is 10.1 Å². The summed E-state index contributed by atoms with van der Waals surface area (Å²) in [5, 5.41) is 32.5. The summed E-state index contributed by atoms with van der Waals surface area (Å²) in [7, 11) is 0. The Hall–Kier alpha value is -3.11. The molecule has 2 aromatic rings. The van der Waals surface area contributed by atoms with Crippen molar-refractivity contribution < 1.29 is 33.4 Å². The molecule has 2 rings (SSSR count). The van der Waals surface area contributed by atoms with Crippen LogP contribution in [0.2, 0.25) is 0 Å². The van der Waals surface area contributed by atoms with Gasteiger partial charge in [0.15, 0.2) is 0 Å². The number of benzene rings is 2. The highest BCUT2D eigenvalue weighted by atomic mass is 19.1. The first-order chi connectivity index (χ1) is 12.8. The molecule has 0 spiro atoms. The zero-order valence-electron chi connectivity index (χ0n) is 13.8. The van der Waals surface area contributed by atoms with Crippen LogP contribution in [0.3, 0.4) is 0 Å². The van der Waals surface area contributed by atoms with Gasteiger partial charge >= 0.3 is 11.8 Å². The van der Waals surface area contributed by atoms with E-state index in [-0.39, 0.29) is 6.61 Å². The van der Waals surface area contributed by atoms with Gasteiger partial charge in [-0.05, 0) is 11.6 Å². The van der Waals surface area contributed by atoms with E-state index in [0.29, 0.717) is 12.1 Å². The summed E-state index contributed by atoms with van der Waals surface area (Å²) >= 11 is 0. The maximum Gasteiger partial charge on any atom is 0.407 e. The molecule has 1 amide bonds. The van der Waals surface area contributed by atoms with Gasteiger partial charge in [0.05, 0.1) is 11.0 Å². The molecular formula is C17H16F2N2O6. The second-order valence-electron chi connectivity index (χ2n) is 5.54. The fourth-order valence-corrected chi connectivity index (χ4v) is 2.20. The normalized spacial score (nSPS) is 12.9. The lowest BCUT2D eigenvalue weighted by Gasteiger charge is -2.19. The van der Waals surface area contributed by atoms with Gasteiger partial charge in [0.2, 0.25) is 5.82 Å². The minimum Gasteiger partial charge on any atom is -0.445 e. The van der Waals surface area contributed by atoms with E-state index in [1.54, 1.807) is 30.3 Å². The topological polar surface area (TPSA) is 122 Å². The molecule has 0 heterocycles. The van der Waals surface area contributed by atoms with E-state index in [9.17, 15) is 33.9 Å². The number of aliphatic hydroxyl groups is 2. The Labute approximate surface area is 152 Å². The van der Waals surface area contributed by atoms with E-state index in [1.807, 2.05) is 0 Å². The van der Waals surface area contributed by atoms with Crippen molar-refractivity contribution >= 4 is 11.8 Å². The van der Waals surface area contributed by atoms with Crippen molar-refractivity contribution in [3.63, 3.8) is 0 Å². The van der Waals surface area contributed by atoms with E-state index >= 15 is 0 Å². The Bertz CT molecular complexity index is 819. The fourth-order valence-electron chi connectivity index (χ4n) is 2.20. The van der Waals surface area contributed by atoms with Crippen LogP contribution in [0.4, 0.5) is 19.3 Å². The fraction of sp³-hybridized carbons (Fsp3) is 0.235. The molecule has 0 aliphatic rings. The largest absolute Gasteiger partial charge is 0.445 e. The van der Waals surface area contributed by atoms with Gasteiger partial charge in [-0.25, -0.2) is 9.18 Å². The monoisotopic (exact) mass is 382 g/mol. The molecule has 2 unspecified atom stereocenters. The molecule has 0 aromatic heterocycles. The van der Waals surface area contributed by atoms with Crippen molar-refractivity contribution in [1.29, 1.82) is 0 Å². The summed E-state index contributed by atoms with van der Waals surface area (Å²) in [6, 6.07) is 9.51. The maximum atomic E-state index is 13.9. The minimum absolute atomic E-state index is 0.0203. The van der Waals surface area contributed by atoms with Crippen LogP contribution >= 0.6 is 0 Å². The second kappa shape index (κ2) is 9.01. The number of amides is 1. The van der Waals surface area contributed by atoms with Crippen molar-refractivity contribution in [3.05, 3.63) is 75.3 Å². The summed E-state index contributed by atoms with van der Waals surface area (Å²) in [5.74, 6) is -2.63. The smallest absolute Gasteiger partial charge is 0.407 e. The molecule has 10 heteroatoms. The van der Waals surface area contributed by atoms with Crippen molar-refractivity contribution in [1.82, 2.24) is 5.32 Å². The lowest BCUT2D eigenvalue weighted by molar-refractivity contribution is -0.387. The lowest BCUT2D eigenvalue weighted by atomic mass is 10.0. The molecule has 3 N–H and O–H groups in total. The average Bonchev–Trinajstić information content (AvgIpc) is 2.65. The van der Waals surface area contributed by atoms with Gasteiger partial charge in [0.1, 0.15) is 24.6 Å². The van der Waals surface area contributed by atoms with Crippen LogP contribution in [0.5, 0.6) is 0 Å². The Kier molecular flexibility index (Phi) is 6.74. The molecule has 27 heavy (non-hydrogen) atoms. The van der Waals surface area contributed by atoms with Crippen molar-refractivity contribution in [2.75, 3.05) is 6.54 Å². The second-order valence-corrected chi connectivity index (χ2v) is 5.54. The number of hydrogen-bond acceptors (Lipinski definition) is 6. The average molecular weight is 382 g/mol. The molecule has 144 valence electrons. The van der Waals surface area contributed by atoms with Gasteiger partial charge < -0.3 is 20.3 Å². The lowest BCUT2D eigenvalue weighted by Crippen LogP contribution is -2.36. The number of aliphatic hydroxyl groups excluding tert-OH is 2. The van der Waals surface area contributed by atoms with E-state index in [1.165, 1.54) is 0 Å². The summed E-state index contributed by atoms with van der Waals surface area (Å²) < 4.78 is 32.3. The predicted molar refractivity (Wildman–Crippen MR) is 88.6 cm³/mol. The van der Waals surface area contributed by atoms with Crippen LogP contribution in [0.15, 0.2) is 42.5 Å². The van der Waals surface area contributed by atoms with Gasteiger partial charge in [-0.2, -0.15) is 4.39 Å². The molecule has 0 saturated heterocycles. The first-order valence-electron chi connectivity index (χ1n) is 7.73. The van der Waals surface area contributed by atoms with Gasteiger partial charge in [0.25, 0.3) is 0 Å². The molecule has 2 aromatic carbocycles. The Morgan fingerprint density at radius 1 is 1.19 bits per heavy atom. The van der Waals surface area contributed by atoms with Crippen molar-refractivity contribution in [2.45, 2.75) is 18.8 Å². The number of carbonyl (C=O) groups excluding carboxylic acids is 1. The molecule has 0 fully saturated rings. The van der Waals surface area contributed by atoms with Crippen LogP contribution in [0.1, 0.15) is 17.2 Å². The summed E-state index contributed by atoms with van der Waals surface area (Å²) in [5.41, 5.74) is -1.04. The third-order valence-corrected chi connectivity index (χ3v) is 3.61. The summed E-state index contributed by atoms with van der Waals surface area (Å²) in [4.78, 5) is 21.0. The van der Waals surface area contributed by atoms with Crippen LogP contribution in [0, 0.1) is 21.7 Å². The zero-order valence-corrected chi connectivity index (χ0v) is 13.8. The first kappa shape index (κ1) is 20.2. The van der Waals surface area contributed by atoms with Crippen LogP contribution < -0.4 is 5.32 Å². The van der Waals surface area contributed by atoms with E-state index in [4.69, 9.17) is 4.74 Å².